The maximum Gasteiger partial charge on any atom is 0.0506 e. The maximum atomic E-state index is 5.48. The molecule has 1 atom stereocenters. The minimum atomic E-state index is 0.723. The molecule has 1 fully saturated rings. The fourth-order valence-electron chi connectivity index (χ4n) is 2.39. The van der Waals surface area contributed by atoms with Gasteiger partial charge in [0.05, 0.1) is 6.61 Å². The first-order valence-corrected chi connectivity index (χ1v) is 6.69. The molecule has 2 rings (SSSR count). The van der Waals surface area contributed by atoms with E-state index in [1.165, 1.54) is 24.0 Å². The molecule has 0 aromatic heterocycles. The van der Waals surface area contributed by atoms with Crippen molar-refractivity contribution in [3.63, 3.8) is 0 Å². The Kier molecular flexibility index (Phi) is 5.02. The Balaban J connectivity index is 1.64. The Morgan fingerprint density at radius 3 is 3.00 bits per heavy atom. The largest absolute Gasteiger partial charge is 0.381 e. The third kappa shape index (κ3) is 4.14. The van der Waals surface area contributed by atoms with Crippen LogP contribution in [-0.2, 0) is 11.2 Å². The quantitative estimate of drug-likeness (QED) is 0.789. The predicted octanol–water partition coefficient (Wildman–Crippen LogP) is 2.55. The second kappa shape index (κ2) is 6.77. The summed E-state index contributed by atoms with van der Waals surface area (Å²) in [6, 6.07) is 8.63. The van der Waals surface area contributed by atoms with Crippen LogP contribution in [0.1, 0.15) is 24.0 Å². The van der Waals surface area contributed by atoms with Gasteiger partial charge < -0.3 is 10.1 Å². The summed E-state index contributed by atoms with van der Waals surface area (Å²) in [6.07, 6.45) is 3.67. The highest BCUT2D eigenvalue weighted by Gasteiger charge is 2.12. The third-order valence-corrected chi connectivity index (χ3v) is 3.52. The highest BCUT2D eigenvalue weighted by atomic mass is 16.5. The molecule has 2 heteroatoms. The highest BCUT2D eigenvalue weighted by molar-refractivity contribution is 5.25. The number of benzene rings is 1. The van der Waals surface area contributed by atoms with Crippen molar-refractivity contribution < 1.29 is 4.74 Å². The monoisotopic (exact) mass is 233 g/mol. The molecule has 1 unspecified atom stereocenters. The van der Waals surface area contributed by atoms with Crippen molar-refractivity contribution in [2.45, 2.75) is 26.2 Å². The average molecular weight is 233 g/mol. The zero-order valence-electron chi connectivity index (χ0n) is 10.7. The van der Waals surface area contributed by atoms with Crippen molar-refractivity contribution >= 4 is 0 Å². The van der Waals surface area contributed by atoms with Gasteiger partial charge in [-0.1, -0.05) is 24.3 Å². The van der Waals surface area contributed by atoms with E-state index < -0.39 is 0 Å². The molecular weight excluding hydrogens is 210 g/mol. The minimum Gasteiger partial charge on any atom is -0.381 e. The third-order valence-electron chi connectivity index (χ3n) is 3.52. The van der Waals surface area contributed by atoms with E-state index in [4.69, 9.17) is 4.74 Å². The molecule has 1 N–H and O–H groups in total. The van der Waals surface area contributed by atoms with Gasteiger partial charge in [0.15, 0.2) is 0 Å². The van der Waals surface area contributed by atoms with Crippen molar-refractivity contribution in [1.82, 2.24) is 5.32 Å². The molecule has 17 heavy (non-hydrogen) atoms. The lowest BCUT2D eigenvalue weighted by Crippen LogP contribution is -2.30. The van der Waals surface area contributed by atoms with E-state index in [1.807, 2.05) is 0 Å². The minimum absolute atomic E-state index is 0.723. The van der Waals surface area contributed by atoms with Gasteiger partial charge in [0.1, 0.15) is 0 Å². The van der Waals surface area contributed by atoms with E-state index in [0.717, 1.165) is 38.6 Å². The SMILES string of the molecule is Cc1ccccc1CCNCC1CCCOC1. The molecule has 1 aliphatic heterocycles. The van der Waals surface area contributed by atoms with Crippen LogP contribution in [0.5, 0.6) is 0 Å². The molecule has 1 saturated heterocycles. The van der Waals surface area contributed by atoms with E-state index >= 15 is 0 Å². The molecule has 1 heterocycles. The molecule has 1 aromatic carbocycles. The molecule has 0 bridgehead atoms. The van der Waals surface area contributed by atoms with Crippen molar-refractivity contribution in [2.24, 2.45) is 5.92 Å². The van der Waals surface area contributed by atoms with Crippen LogP contribution in [0.4, 0.5) is 0 Å². The average Bonchev–Trinajstić information content (AvgIpc) is 2.38. The van der Waals surface area contributed by atoms with Crippen LogP contribution in [0, 0.1) is 12.8 Å². The van der Waals surface area contributed by atoms with Crippen LogP contribution in [0.15, 0.2) is 24.3 Å². The Hall–Kier alpha value is -0.860. The summed E-state index contributed by atoms with van der Waals surface area (Å²) in [7, 11) is 0. The molecule has 94 valence electrons. The van der Waals surface area contributed by atoms with E-state index in [9.17, 15) is 0 Å². The van der Waals surface area contributed by atoms with E-state index in [0.29, 0.717) is 0 Å². The second-order valence-corrected chi connectivity index (χ2v) is 4.96. The van der Waals surface area contributed by atoms with Crippen molar-refractivity contribution in [3.05, 3.63) is 35.4 Å². The molecule has 0 saturated carbocycles. The molecule has 0 radical (unpaired) electrons. The van der Waals surface area contributed by atoms with Gasteiger partial charge in [-0.15, -0.1) is 0 Å². The van der Waals surface area contributed by atoms with Crippen LogP contribution in [0.2, 0.25) is 0 Å². The Bertz CT molecular complexity index is 331. The second-order valence-electron chi connectivity index (χ2n) is 4.96. The van der Waals surface area contributed by atoms with Gasteiger partial charge in [-0.2, -0.15) is 0 Å². The maximum absolute atomic E-state index is 5.48. The first-order chi connectivity index (χ1) is 8.36. The zero-order valence-corrected chi connectivity index (χ0v) is 10.7. The van der Waals surface area contributed by atoms with Crippen molar-refractivity contribution in [1.29, 1.82) is 0 Å². The fraction of sp³-hybridized carbons (Fsp3) is 0.600. The number of nitrogens with one attached hydrogen (secondary N) is 1. The number of hydrogen-bond acceptors (Lipinski definition) is 2. The smallest absolute Gasteiger partial charge is 0.0506 e. The summed E-state index contributed by atoms with van der Waals surface area (Å²) in [5.41, 5.74) is 2.86. The van der Waals surface area contributed by atoms with Crippen LogP contribution in [0.25, 0.3) is 0 Å². The number of aryl methyl sites for hydroxylation is 1. The molecule has 0 aliphatic carbocycles. The summed E-state index contributed by atoms with van der Waals surface area (Å²) >= 11 is 0. The zero-order chi connectivity index (χ0) is 11.9. The number of hydrogen-bond donors (Lipinski definition) is 1. The van der Waals surface area contributed by atoms with Crippen LogP contribution >= 0.6 is 0 Å². The van der Waals surface area contributed by atoms with Gasteiger partial charge in [0, 0.05) is 13.2 Å². The Labute approximate surface area is 104 Å². The highest BCUT2D eigenvalue weighted by Crippen LogP contribution is 2.12. The standard InChI is InChI=1S/C15H23NO/c1-13-5-2-3-7-15(13)8-9-16-11-14-6-4-10-17-12-14/h2-3,5,7,14,16H,4,6,8-12H2,1H3. The summed E-state index contributed by atoms with van der Waals surface area (Å²) in [4.78, 5) is 0. The van der Waals surface area contributed by atoms with E-state index in [2.05, 4.69) is 36.5 Å². The van der Waals surface area contributed by atoms with E-state index in [-0.39, 0.29) is 0 Å². The Morgan fingerprint density at radius 1 is 1.35 bits per heavy atom. The summed E-state index contributed by atoms with van der Waals surface area (Å²) in [5.74, 6) is 0.723. The molecule has 0 spiro atoms. The molecule has 0 amide bonds. The first-order valence-electron chi connectivity index (χ1n) is 6.69. The fourth-order valence-corrected chi connectivity index (χ4v) is 2.39. The lowest BCUT2D eigenvalue weighted by Gasteiger charge is -2.22. The molecule has 1 aliphatic rings. The van der Waals surface area contributed by atoms with Gasteiger partial charge in [-0.3, -0.25) is 0 Å². The first kappa shape index (κ1) is 12.6. The van der Waals surface area contributed by atoms with Gasteiger partial charge in [-0.25, -0.2) is 0 Å². The summed E-state index contributed by atoms with van der Waals surface area (Å²) in [5, 5.41) is 3.55. The predicted molar refractivity (Wildman–Crippen MR) is 71.3 cm³/mol. The number of rotatable bonds is 5. The molecular formula is C15H23NO. The molecule has 2 nitrogen and oxygen atoms in total. The topological polar surface area (TPSA) is 21.3 Å². The van der Waals surface area contributed by atoms with E-state index in [1.54, 1.807) is 0 Å². The summed E-state index contributed by atoms with van der Waals surface area (Å²) < 4.78 is 5.48. The lowest BCUT2D eigenvalue weighted by molar-refractivity contribution is 0.0550. The van der Waals surface area contributed by atoms with Crippen LogP contribution in [-0.4, -0.2) is 26.3 Å². The Morgan fingerprint density at radius 2 is 2.24 bits per heavy atom. The normalized spacial score (nSPS) is 20.4. The van der Waals surface area contributed by atoms with Gasteiger partial charge in [0.2, 0.25) is 0 Å². The van der Waals surface area contributed by atoms with Crippen molar-refractivity contribution in [3.8, 4) is 0 Å². The van der Waals surface area contributed by atoms with Gasteiger partial charge in [-0.05, 0) is 49.8 Å². The van der Waals surface area contributed by atoms with Gasteiger partial charge >= 0.3 is 0 Å². The van der Waals surface area contributed by atoms with Crippen LogP contribution in [0.3, 0.4) is 0 Å². The van der Waals surface area contributed by atoms with Crippen molar-refractivity contribution in [2.75, 3.05) is 26.3 Å². The van der Waals surface area contributed by atoms with Gasteiger partial charge in [0.25, 0.3) is 0 Å². The van der Waals surface area contributed by atoms with Crippen LogP contribution < -0.4 is 5.32 Å². The molecule has 1 aromatic rings. The summed E-state index contributed by atoms with van der Waals surface area (Å²) in [6.45, 7) is 6.26. The number of ether oxygens (including phenoxy) is 1. The lowest BCUT2D eigenvalue weighted by atomic mass is 10.0.